The molecule has 19 heavy (non-hydrogen) atoms. The van der Waals surface area contributed by atoms with Crippen LogP contribution in [-0.4, -0.2) is 27.2 Å². The van der Waals surface area contributed by atoms with Gasteiger partial charge < -0.3 is 10.2 Å². The topological polar surface area (TPSA) is 57.5 Å². The van der Waals surface area contributed by atoms with Crippen LogP contribution in [0.5, 0.6) is 0 Å². The Kier molecular flexibility index (Phi) is 5.84. The fourth-order valence-electron chi connectivity index (χ4n) is 1.45. The van der Waals surface area contributed by atoms with Gasteiger partial charge in [0.1, 0.15) is 6.10 Å². The Morgan fingerprint density at radius 1 is 1.26 bits per heavy atom. The Labute approximate surface area is 112 Å². The number of carbonyl (C=O) groups excluding carboxylic acids is 1. The molecule has 0 radical (unpaired) electrons. The third kappa shape index (κ3) is 4.52. The molecule has 1 aromatic carbocycles. The summed E-state index contributed by atoms with van der Waals surface area (Å²) in [5, 5.41) is 19.2. The minimum Gasteiger partial charge on any atom is -0.390 e. The second kappa shape index (κ2) is 6.93. The first kappa shape index (κ1) is 16.0. The van der Waals surface area contributed by atoms with Gasteiger partial charge in [-0.05, 0) is 24.1 Å². The number of hydrogen-bond acceptors (Lipinski definition) is 4. The zero-order valence-electron chi connectivity index (χ0n) is 10.1. The molecule has 3 nitrogen and oxygen atoms in total. The predicted molar refractivity (Wildman–Crippen MR) is 65.0 cm³/mol. The number of aliphatic hydroxyl groups is 2. The largest absolute Gasteiger partial charge is 0.390 e. The van der Waals surface area contributed by atoms with Crippen LogP contribution >= 0.6 is 11.8 Å². The molecule has 0 amide bonds. The summed E-state index contributed by atoms with van der Waals surface area (Å²) < 4.78 is 38.7. The zero-order valence-corrected chi connectivity index (χ0v) is 10.9. The van der Waals surface area contributed by atoms with Crippen molar-refractivity contribution in [2.75, 3.05) is 5.75 Å². The SMILES string of the molecule is CC(=O)SCCC(O)C(O)c1cc(F)c(F)c(F)c1. The third-order valence-corrected chi connectivity index (χ3v) is 3.28. The van der Waals surface area contributed by atoms with Crippen LogP contribution in [0.4, 0.5) is 13.2 Å². The van der Waals surface area contributed by atoms with Crippen LogP contribution in [0.25, 0.3) is 0 Å². The Morgan fingerprint density at radius 2 is 1.79 bits per heavy atom. The van der Waals surface area contributed by atoms with Gasteiger partial charge in [-0.1, -0.05) is 11.8 Å². The van der Waals surface area contributed by atoms with Gasteiger partial charge in [0.15, 0.2) is 22.6 Å². The van der Waals surface area contributed by atoms with Crippen molar-refractivity contribution in [3.8, 4) is 0 Å². The van der Waals surface area contributed by atoms with Crippen LogP contribution in [0.15, 0.2) is 12.1 Å². The van der Waals surface area contributed by atoms with E-state index in [4.69, 9.17) is 0 Å². The van der Waals surface area contributed by atoms with Gasteiger partial charge >= 0.3 is 0 Å². The molecule has 2 atom stereocenters. The first-order chi connectivity index (χ1) is 8.82. The molecule has 0 aliphatic rings. The van der Waals surface area contributed by atoms with E-state index in [0.29, 0.717) is 12.1 Å². The van der Waals surface area contributed by atoms with E-state index >= 15 is 0 Å². The summed E-state index contributed by atoms with van der Waals surface area (Å²) in [7, 11) is 0. The Hall–Kier alpha value is -1.05. The van der Waals surface area contributed by atoms with E-state index < -0.39 is 29.7 Å². The van der Waals surface area contributed by atoms with E-state index in [1.165, 1.54) is 6.92 Å². The molecule has 1 aromatic rings. The van der Waals surface area contributed by atoms with Crippen molar-refractivity contribution in [1.29, 1.82) is 0 Å². The molecule has 0 aromatic heterocycles. The summed E-state index contributed by atoms with van der Waals surface area (Å²) >= 11 is 0.963. The molecule has 0 spiro atoms. The zero-order chi connectivity index (χ0) is 14.6. The lowest BCUT2D eigenvalue weighted by molar-refractivity contribution is -0.109. The average Bonchev–Trinajstić information content (AvgIpc) is 2.33. The fourth-order valence-corrected chi connectivity index (χ4v) is 2.10. The highest BCUT2D eigenvalue weighted by molar-refractivity contribution is 8.13. The van der Waals surface area contributed by atoms with Crippen molar-refractivity contribution >= 4 is 16.9 Å². The second-order valence-corrected chi connectivity index (χ2v) is 5.21. The van der Waals surface area contributed by atoms with Gasteiger partial charge in [-0.25, -0.2) is 13.2 Å². The first-order valence-electron chi connectivity index (χ1n) is 5.47. The maximum atomic E-state index is 13.0. The molecule has 0 saturated heterocycles. The van der Waals surface area contributed by atoms with Crippen LogP contribution in [-0.2, 0) is 4.79 Å². The molecule has 0 aliphatic heterocycles. The minimum absolute atomic E-state index is 0.0615. The summed E-state index contributed by atoms with van der Waals surface area (Å²) in [6, 6.07) is 1.26. The van der Waals surface area contributed by atoms with Gasteiger partial charge in [-0.3, -0.25) is 4.79 Å². The highest BCUT2D eigenvalue weighted by Gasteiger charge is 2.21. The van der Waals surface area contributed by atoms with Crippen molar-refractivity contribution in [1.82, 2.24) is 0 Å². The molecule has 0 aliphatic carbocycles. The van der Waals surface area contributed by atoms with Crippen LogP contribution < -0.4 is 0 Å². The molecule has 7 heteroatoms. The molecule has 0 bridgehead atoms. The van der Waals surface area contributed by atoms with Gasteiger partial charge in [-0.15, -0.1) is 0 Å². The van der Waals surface area contributed by atoms with Crippen molar-refractivity contribution in [3.63, 3.8) is 0 Å². The van der Waals surface area contributed by atoms with Gasteiger partial charge in [0.2, 0.25) is 0 Å². The van der Waals surface area contributed by atoms with Crippen molar-refractivity contribution in [3.05, 3.63) is 35.1 Å². The number of aliphatic hydroxyl groups excluding tert-OH is 2. The van der Waals surface area contributed by atoms with Crippen LogP contribution in [0.2, 0.25) is 0 Å². The Balaban J connectivity index is 2.71. The highest BCUT2D eigenvalue weighted by atomic mass is 32.2. The first-order valence-corrected chi connectivity index (χ1v) is 6.45. The van der Waals surface area contributed by atoms with E-state index in [1.54, 1.807) is 0 Å². The molecule has 2 N–H and O–H groups in total. The molecular weight excluding hydrogens is 281 g/mol. The van der Waals surface area contributed by atoms with Crippen molar-refractivity contribution < 1.29 is 28.2 Å². The average molecular weight is 294 g/mol. The summed E-state index contributed by atoms with van der Waals surface area (Å²) in [5.41, 5.74) is -0.253. The van der Waals surface area contributed by atoms with Gasteiger partial charge in [-0.2, -0.15) is 0 Å². The summed E-state index contributed by atoms with van der Waals surface area (Å²) in [6.07, 6.45) is -2.78. The van der Waals surface area contributed by atoms with Crippen LogP contribution in [0.1, 0.15) is 25.0 Å². The highest BCUT2D eigenvalue weighted by Crippen LogP contribution is 2.23. The van der Waals surface area contributed by atoms with E-state index in [1.807, 2.05) is 0 Å². The summed E-state index contributed by atoms with van der Waals surface area (Å²) in [4.78, 5) is 10.7. The number of benzene rings is 1. The summed E-state index contributed by atoms with van der Waals surface area (Å²) in [5.74, 6) is -4.23. The number of rotatable bonds is 5. The summed E-state index contributed by atoms with van der Waals surface area (Å²) in [6.45, 7) is 1.36. The standard InChI is InChI=1S/C12H13F3O3S/c1-6(16)19-3-2-10(17)12(18)7-4-8(13)11(15)9(14)5-7/h4-5,10,12,17-18H,2-3H2,1H3. The number of halogens is 3. The lowest BCUT2D eigenvalue weighted by Crippen LogP contribution is -2.19. The maximum absolute atomic E-state index is 13.0. The minimum atomic E-state index is -1.63. The maximum Gasteiger partial charge on any atom is 0.194 e. The molecule has 0 heterocycles. The van der Waals surface area contributed by atoms with Crippen molar-refractivity contribution in [2.45, 2.75) is 25.6 Å². The number of carbonyl (C=O) groups is 1. The second-order valence-electron chi connectivity index (χ2n) is 3.94. The van der Waals surface area contributed by atoms with E-state index in [9.17, 15) is 28.2 Å². The molecule has 106 valence electrons. The smallest absolute Gasteiger partial charge is 0.194 e. The van der Waals surface area contributed by atoms with Gasteiger partial charge in [0.25, 0.3) is 0 Å². The van der Waals surface area contributed by atoms with Crippen LogP contribution in [0, 0.1) is 17.5 Å². The molecular formula is C12H13F3O3S. The van der Waals surface area contributed by atoms with Crippen molar-refractivity contribution in [2.24, 2.45) is 0 Å². The van der Waals surface area contributed by atoms with E-state index in [0.717, 1.165) is 11.8 Å². The number of hydrogen-bond donors (Lipinski definition) is 2. The van der Waals surface area contributed by atoms with Crippen LogP contribution in [0.3, 0.4) is 0 Å². The Bertz CT molecular complexity index is 445. The molecule has 0 fully saturated rings. The normalized spacial score (nSPS) is 14.2. The molecule has 2 unspecified atom stereocenters. The van der Waals surface area contributed by atoms with E-state index in [-0.39, 0.29) is 22.9 Å². The Morgan fingerprint density at radius 3 is 2.26 bits per heavy atom. The molecule has 1 rings (SSSR count). The van der Waals surface area contributed by atoms with Gasteiger partial charge in [0.05, 0.1) is 6.10 Å². The predicted octanol–water partition coefficient (Wildman–Crippen LogP) is 2.17. The molecule has 0 saturated carbocycles. The lowest BCUT2D eigenvalue weighted by atomic mass is 10.0. The third-order valence-electron chi connectivity index (χ3n) is 2.43. The number of thioether (sulfide) groups is 1. The fraction of sp³-hybridized carbons (Fsp3) is 0.417. The monoisotopic (exact) mass is 294 g/mol. The van der Waals surface area contributed by atoms with E-state index in [2.05, 4.69) is 0 Å². The van der Waals surface area contributed by atoms with Gasteiger partial charge in [0, 0.05) is 12.7 Å². The lowest BCUT2D eigenvalue weighted by Gasteiger charge is -2.18. The quantitative estimate of drug-likeness (QED) is 0.817.